The van der Waals surface area contributed by atoms with Crippen LogP contribution in [-0.2, 0) is 14.3 Å². The van der Waals surface area contributed by atoms with E-state index in [1.165, 1.54) is 5.56 Å². The normalized spacial score (nSPS) is 11.8. The van der Waals surface area contributed by atoms with Gasteiger partial charge in [0.05, 0.1) is 6.61 Å². The van der Waals surface area contributed by atoms with Gasteiger partial charge in [0, 0.05) is 6.61 Å². The number of esters is 1. The van der Waals surface area contributed by atoms with Crippen LogP contribution >= 0.6 is 0 Å². The number of carbonyl (C=O) groups excluding carboxylic acids is 1. The molecule has 0 aliphatic rings. The summed E-state index contributed by atoms with van der Waals surface area (Å²) in [4.78, 5) is 11.8. The van der Waals surface area contributed by atoms with Crippen molar-refractivity contribution in [2.75, 3.05) is 19.8 Å². The van der Waals surface area contributed by atoms with Crippen molar-refractivity contribution in [3.63, 3.8) is 0 Å². The van der Waals surface area contributed by atoms with E-state index >= 15 is 0 Å². The summed E-state index contributed by atoms with van der Waals surface area (Å²) in [5, 5.41) is 0. The fourth-order valence-corrected chi connectivity index (χ4v) is 2.19. The molecule has 0 fully saturated rings. The molecule has 0 N–H and O–H groups in total. The van der Waals surface area contributed by atoms with E-state index in [0.29, 0.717) is 19.0 Å². The van der Waals surface area contributed by atoms with Crippen LogP contribution in [0.15, 0.2) is 48.5 Å². The number of benzene rings is 2. The van der Waals surface area contributed by atoms with E-state index in [2.05, 4.69) is 31.2 Å². The van der Waals surface area contributed by atoms with Crippen LogP contribution in [0, 0.1) is 6.92 Å². The summed E-state index contributed by atoms with van der Waals surface area (Å²) in [5.41, 5.74) is 3.49. The first kappa shape index (κ1) is 18.0. The molecule has 0 aliphatic heterocycles. The van der Waals surface area contributed by atoms with Gasteiger partial charge in [0.15, 0.2) is 6.10 Å². The van der Waals surface area contributed by atoms with Gasteiger partial charge in [-0.15, -0.1) is 0 Å². The topological polar surface area (TPSA) is 44.8 Å². The lowest BCUT2D eigenvalue weighted by Gasteiger charge is -2.14. The lowest BCUT2D eigenvalue weighted by molar-refractivity contribution is -0.152. The van der Waals surface area contributed by atoms with E-state index < -0.39 is 12.1 Å². The SMILES string of the molecule is CCOCCOC(=O)C(C)Oc1ccc(-c2ccc(C)cc2)cc1. The molecule has 4 heteroatoms. The van der Waals surface area contributed by atoms with Gasteiger partial charge >= 0.3 is 5.97 Å². The zero-order valence-corrected chi connectivity index (χ0v) is 14.5. The number of rotatable bonds is 8. The molecular formula is C20H24O4. The summed E-state index contributed by atoms with van der Waals surface area (Å²) < 4.78 is 15.8. The number of hydrogen-bond donors (Lipinski definition) is 0. The Labute approximate surface area is 143 Å². The van der Waals surface area contributed by atoms with E-state index in [1.54, 1.807) is 6.92 Å². The van der Waals surface area contributed by atoms with E-state index in [9.17, 15) is 4.79 Å². The van der Waals surface area contributed by atoms with Gasteiger partial charge < -0.3 is 14.2 Å². The Kier molecular flexibility index (Phi) is 6.82. The molecule has 24 heavy (non-hydrogen) atoms. The highest BCUT2D eigenvalue weighted by Gasteiger charge is 2.16. The maximum Gasteiger partial charge on any atom is 0.347 e. The smallest absolute Gasteiger partial charge is 0.347 e. The lowest BCUT2D eigenvalue weighted by atomic mass is 10.0. The minimum Gasteiger partial charge on any atom is -0.479 e. The quantitative estimate of drug-likeness (QED) is 0.542. The van der Waals surface area contributed by atoms with Gasteiger partial charge in [-0.05, 0) is 44.0 Å². The lowest BCUT2D eigenvalue weighted by Crippen LogP contribution is -2.27. The highest BCUT2D eigenvalue weighted by atomic mass is 16.6. The molecule has 0 heterocycles. The average molecular weight is 328 g/mol. The third-order valence-electron chi connectivity index (χ3n) is 3.56. The zero-order valence-electron chi connectivity index (χ0n) is 14.5. The van der Waals surface area contributed by atoms with Crippen molar-refractivity contribution in [1.82, 2.24) is 0 Å². The van der Waals surface area contributed by atoms with Crippen LogP contribution in [0.3, 0.4) is 0 Å². The number of ether oxygens (including phenoxy) is 3. The van der Waals surface area contributed by atoms with Crippen molar-refractivity contribution in [2.24, 2.45) is 0 Å². The fourth-order valence-electron chi connectivity index (χ4n) is 2.19. The van der Waals surface area contributed by atoms with E-state index in [-0.39, 0.29) is 6.61 Å². The Balaban J connectivity index is 1.88. The van der Waals surface area contributed by atoms with Crippen LogP contribution in [0.4, 0.5) is 0 Å². The fraction of sp³-hybridized carbons (Fsp3) is 0.350. The maximum absolute atomic E-state index is 11.8. The Hall–Kier alpha value is -2.33. The Morgan fingerprint density at radius 1 is 0.958 bits per heavy atom. The molecule has 0 bridgehead atoms. The van der Waals surface area contributed by atoms with Crippen LogP contribution < -0.4 is 4.74 Å². The van der Waals surface area contributed by atoms with Gasteiger partial charge in [-0.1, -0.05) is 42.0 Å². The first-order chi connectivity index (χ1) is 11.6. The van der Waals surface area contributed by atoms with Crippen molar-refractivity contribution in [3.05, 3.63) is 54.1 Å². The predicted octanol–water partition coefficient (Wildman–Crippen LogP) is 4.01. The number of aryl methyl sites for hydroxylation is 1. The van der Waals surface area contributed by atoms with Crippen molar-refractivity contribution in [3.8, 4) is 16.9 Å². The third kappa shape index (κ3) is 5.39. The molecule has 0 spiro atoms. The molecule has 1 atom stereocenters. The van der Waals surface area contributed by atoms with Crippen molar-refractivity contribution in [1.29, 1.82) is 0 Å². The van der Waals surface area contributed by atoms with E-state index in [0.717, 1.165) is 11.1 Å². The van der Waals surface area contributed by atoms with Gasteiger partial charge in [0.2, 0.25) is 0 Å². The van der Waals surface area contributed by atoms with Crippen molar-refractivity contribution < 1.29 is 19.0 Å². The monoisotopic (exact) mass is 328 g/mol. The first-order valence-electron chi connectivity index (χ1n) is 8.18. The predicted molar refractivity (Wildman–Crippen MR) is 94.2 cm³/mol. The molecule has 2 rings (SSSR count). The Morgan fingerprint density at radius 2 is 1.54 bits per heavy atom. The number of hydrogen-bond acceptors (Lipinski definition) is 4. The molecule has 0 radical (unpaired) electrons. The zero-order chi connectivity index (χ0) is 17.4. The summed E-state index contributed by atoms with van der Waals surface area (Å²) in [5.74, 6) is 0.248. The Bertz CT molecular complexity index is 632. The van der Waals surface area contributed by atoms with Crippen LogP contribution in [0.2, 0.25) is 0 Å². The summed E-state index contributed by atoms with van der Waals surface area (Å²) in [6, 6.07) is 16.0. The largest absolute Gasteiger partial charge is 0.479 e. The standard InChI is InChI=1S/C20H24O4/c1-4-22-13-14-23-20(21)16(3)24-19-11-9-18(10-12-19)17-7-5-15(2)6-8-17/h5-12,16H,4,13-14H2,1-3H3. The minimum absolute atomic E-state index is 0.243. The minimum atomic E-state index is -0.656. The molecule has 2 aromatic carbocycles. The van der Waals surface area contributed by atoms with Crippen LogP contribution in [0.25, 0.3) is 11.1 Å². The molecule has 2 aromatic rings. The van der Waals surface area contributed by atoms with Crippen LogP contribution in [0.1, 0.15) is 19.4 Å². The van der Waals surface area contributed by atoms with E-state index in [4.69, 9.17) is 14.2 Å². The molecule has 128 valence electrons. The van der Waals surface area contributed by atoms with Crippen molar-refractivity contribution >= 4 is 5.97 Å². The van der Waals surface area contributed by atoms with Gasteiger partial charge in [-0.3, -0.25) is 0 Å². The third-order valence-corrected chi connectivity index (χ3v) is 3.56. The molecule has 4 nitrogen and oxygen atoms in total. The summed E-state index contributed by atoms with van der Waals surface area (Å²) in [6.45, 7) is 6.89. The molecule has 0 amide bonds. The Morgan fingerprint density at radius 3 is 2.12 bits per heavy atom. The highest BCUT2D eigenvalue weighted by Crippen LogP contribution is 2.23. The second-order valence-corrected chi connectivity index (χ2v) is 5.51. The highest BCUT2D eigenvalue weighted by molar-refractivity contribution is 5.74. The molecule has 0 saturated carbocycles. The molecule has 0 aromatic heterocycles. The number of carbonyl (C=O) groups is 1. The molecule has 0 aliphatic carbocycles. The summed E-state index contributed by atoms with van der Waals surface area (Å²) in [7, 11) is 0. The maximum atomic E-state index is 11.8. The van der Waals surface area contributed by atoms with Gasteiger partial charge in [-0.2, -0.15) is 0 Å². The second-order valence-electron chi connectivity index (χ2n) is 5.51. The van der Waals surface area contributed by atoms with Crippen molar-refractivity contribution in [2.45, 2.75) is 26.9 Å². The second kappa shape index (κ2) is 9.08. The summed E-state index contributed by atoms with van der Waals surface area (Å²) in [6.07, 6.45) is -0.656. The van der Waals surface area contributed by atoms with Gasteiger partial charge in [-0.25, -0.2) is 4.79 Å². The summed E-state index contributed by atoms with van der Waals surface area (Å²) >= 11 is 0. The van der Waals surface area contributed by atoms with Crippen LogP contribution in [0.5, 0.6) is 5.75 Å². The molecular weight excluding hydrogens is 304 g/mol. The first-order valence-corrected chi connectivity index (χ1v) is 8.18. The van der Waals surface area contributed by atoms with Gasteiger partial charge in [0.25, 0.3) is 0 Å². The molecule has 1 unspecified atom stereocenters. The van der Waals surface area contributed by atoms with E-state index in [1.807, 2.05) is 31.2 Å². The van der Waals surface area contributed by atoms with Crippen LogP contribution in [-0.4, -0.2) is 31.9 Å². The molecule has 0 saturated heterocycles. The van der Waals surface area contributed by atoms with Gasteiger partial charge in [0.1, 0.15) is 12.4 Å². The average Bonchev–Trinajstić information content (AvgIpc) is 2.60.